The topological polar surface area (TPSA) is 56.7 Å². The number of hydrogen-bond acceptors (Lipinski definition) is 3. The van der Waals surface area contributed by atoms with Gasteiger partial charge in [-0.25, -0.2) is 4.79 Å². The third-order valence-electron chi connectivity index (χ3n) is 2.60. The molecule has 0 radical (unpaired) electrons. The molecule has 1 aliphatic rings. The van der Waals surface area contributed by atoms with Crippen LogP contribution < -0.4 is 10.6 Å². The van der Waals surface area contributed by atoms with E-state index in [0.717, 1.165) is 19.6 Å². The Morgan fingerprint density at radius 1 is 1.41 bits per heavy atom. The third kappa shape index (κ3) is 2.96. The monoisotopic (exact) mass is 232 g/mol. The Bertz CT molecular complexity index is 416. The van der Waals surface area contributed by atoms with Gasteiger partial charge < -0.3 is 10.2 Å². The summed E-state index contributed by atoms with van der Waals surface area (Å²) in [6, 6.07) is 9.91. The molecule has 0 saturated carbocycles. The van der Waals surface area contributed by atoms with Crippen molar-refractivity contribution in [2.75, 3.05) is 20.1 Å². The Morgan fingerprint density at radius 3 is 2.88 bits per heavy atom. The zero-order valence-corrected chi connectivity index (χ0v) is 9.81. The minimum Gasteiger partial charge on any atom is -0.341 e. The Balaban J connectivity index is 1.97. The summed E-state index contributed by atoms with van der Waals surface area (Å²) in [4.78, 5) is 17.6. The molecule has 0 atom stereocenters. The summed E-state index contributed by atoms with van der Waals surface area (Å²) < 4.78 is 0. The molecule has 5 nitrogen and oxygen atoms in total. The van der Waals surface area contributed by atoms with Gasteiger partial charge in [-0.05, 0) is 5.56 Å². The summed E-state index contributed by atoms with van der Waals surface area (Å²) in [6.45, 7) is 2.34. The van der Waals surface area contributed by atoms with Crippen LogP contribution in [0.25, 0.3) is 0 Å². The minimum atomic E-state index is -0.233. The number of rotatable bonds is 2. The molecular weight excluding hydrogens is 216 g/mol. The average Bonchev–Trinajstić information content (AvgIpc) is 2.78. The molecule has 0 fully saturated rings. The first-order valence-electron chi connectivity index (χ1n) is 5.61. The van der Waals surface area contributed by atoms with E-state index in [4.69, 9.17) is 0 Å². The van der Waals surface area contributed by atoms with Crippen LogP contribution in [-0.4, -0.2) is 37.0 Å². The SMILES string of the molecule is CNC(=O)NC1=NCCN1Cc1ccccc1. The molecule has 1 heterocycles. The van der Waals surface area contributed by atoms with E-state index in [9.17, 15) is 4.79 Å². The molecule has 5 heteroatoms. The number of amides is 2. The van der Waals surface area contributed by atoms with Gasteiger partial charge in [0.15, 0.2) is 0 Å². The lowest BCUT2D eigenvalue weighted by molar-refractivity contribution is 0.246. The molecule has 1 aliphatic heterocycles. The van der Waals surface area contributed by atoms with Crippen LogP contribution in [0.4, 0.5) is 4.79 Å². The van der Waals surface area contributed by atoms with Crippen LogP contribution in [0.3, 0.4) is 0 Å². The van der Waals surface area contributed by atoms with Crippen LogP contribution in [-0.2, 0) is 6.54 Å². The molecule has 1 aromatic carbocycles. The van der Waals surface area contributed by atoms with Gasteiger partial charge in [0.2, 0.25) is 5.96 Å². The van der Waals surface area contributed by atoms with E-state index in [1.807, 2.05) is 18.2 Å². The second-order valence-corrected chi connectivity index (χ2v) is 3.82. The molecule has 2 N–H and O–H groups in total. The van der Waals surface area contributed by atoms with Crippen molar-refractivity contribution < 1.29 is 4.79 Å². The smallest absolute Gasteiger partial charge is 0.321 e. The van der Waals surface area contributed by atoms with E-state index in [1.165, 1.54) is 5.56 Å². The molecule has 2 rings (SSSR count). The Labute approximate surface area is 101 Å². The molecule has 17 heavy (non-hydrogen) atoms. The fraction of sp³-hybridized carbons (Fsp3) is 0.333. The van der Waals surface area contributed by atoms with Crippen LogP contribution in [0.5, 0.6) is 0 Å². The zero-order chi connectivity index (χ0) is 12.1. The highest BCUT2D eigenvalue weighted by molar-refractivity contribution is 5.96. The molecule has 0 aromatic heterocycles. The van der Waals surface area contributed by atoms with E-state index < -0.39 is 0 Å². The summed E-state index contributed by atoms with van der Waals surface area (Å²) in [6.07, 6.45) is 0. The van der Waals surface area contributed by atoms with Crippen LogP contribution in [0.15, 0.2) is 35.3 Å². The van der Waals surface area contributed by atoms with Gasteiger partial charge in [0.25, 0.3) is 0 Å². The molecule has 0 spiro atoms. The van der Waals surface area contributed by atoms with Crippen molar-refractivity contribution in [3.63, 3.8) is 0 Å². The predicted octanol–water partition coefficient (Wildman–Crippen LogP) is 0.787. The lowest BCUT2D eigenvalue weighted by atomic mass is 10.2. The molecule has 90 valence electrons. The molecule has 0 aliphatic carbocycles. The number of carbonyl (C=O) groups is 1. The normalized spacial score (nSPS) is 14.4. The average molecular weight is 232 g/mol. The summed E-state index contributed by atoms with van der Waals surface area (Å²) in [7, 11) is 1.59. The van der Waals surface area contributed by atoms with Crippen molar-refractivity contribution in [2.45, 2.75) is 6.54 Å². The highest BCUT2D eigenvalue weighted by Gasteiger charge is 2.18. The van der Waals surface area contributed by atoms with E-state index in [0.29, 0.717) is 5.96 Å². The summed E-state index contributed by atoms with van der Waals surface area (Å²) >= 11 is 0. The number of nitrogens with zero attached hydrogens (tertiary/aromatic N) is 2. The van der Waals surface area contributed by atoms with Crippen LogP contribution in [0, 0.1) is 0 Å². The summed E-state index contributed by atoms with van der Waals surface area (Å²) in [5.74, 6) is 0.646. The highest BCUT2D eigenvalue weighted by Crippen LogP contribution is 2.07. The second-order valence-electron chi connectivity index (χ2n) is 3.82. The highest BCUT2D eigenvalue weighted by atomic mass is 16.2. The Morgan fingerprint density at radius 2 is 2.18 bits per heavy atom. The fourth-order valence-electron chi connectivity index (χ4n) is 1.72. The second kappa shape index (κ2) is 5.34. The van der Waals surface area contributed by atoms with Gasteiger partial charge in [0.05, 0.1) is 6.54 Å². The molecular formula is C12H16N4O. The van der Waals surface area contributed by atoms with Crippen molar-refractivity contribution in [1.82, 2.24) is 15.5 Å². The number of nitrogens with one attached hydrogen (secondary N) is 2. The summed E-state index contributed by atoms with van der Waals surface area (Å²) in [5, 5.41) is 5.24. The van der Waals surface area contributed by atoms with Crippen molar-refractivity contribution in [1.29, 1.82) is 0 Å². The standard InChI is InChI=1S/C12H16N4O/c1-13-12(17)15-11-14-7-8-16(11)9-10-5-3-2-4-6-10/h2-6H,7-9H2,1H3,(H2,13,14,15,17). The molecule has 0 bridgehead atoms. The van der Waals surface area contributed by atoms with Gasteiger partial charge in [-0.15, -0.1) is 0 Å². The van der Waals surface area contributed by atoms with E-state index in [1.54, 1.807) is 7.05 Å². The molecule has 1 aromatic rings. The maximum absolute atomic E-state index is 11.2. The number of urea groups is 1. The quantitative estimate of drug-likeness (QED) is 0.792. The largest absolute Gasteiger partial charge is 0.341 e. The fourth-order valence-corrected chi connectivity index (χ4v) is 1.72. The predicted molar refractivity (Wildman–Crippen MR) is 66.7 cm³/mol. The number of aliphatic imine (C=N–C) groups is 1. The van der Waals surface area contributed by atoms with E-state index in [-0.39, 0.29) is 6.03 Å². The van der Waals surface area contributed by atoms with Crippen LogP contribution in [0.2, 0.25) is 0 Å². The number of carbonyl (C=O) groups excluding carboxylic acids is 1. The molecule has 0 unspecified atom stereocenters. The van der Waals surface area contributed by atoms with E-state index in [2.05, 4.69) is 32.7 Å². The Hall–Kier alpha value is -2.04. The number of benzene rings is 1. The summed E-state index contributed by atoms with van der Waals surface area (Å²) in [5.41, 5.74) is 1.21. The van der Waals surface area contributed by atoms with Crippen LogP contribution >= 0.6 is 0 Å². The van der Waals surface area contributed by atoms with Crippen LogP contribution in [0.1, 0.15) is 5.56 Å². The third-order valence-corrected chi connectivity index (χ3v) is 2.60. The van der Waals surface area contributed by atoms with E-state index >= 15 is 0 Å². The number of hydrogen-bond donors (Lipinski definition) is 2. The molecule has 0 saturated heterocycles. The van der Waals surface area contributed by atoms with Gasteiger partial charge in [0.1, 0.15) is 0 Å². The first-order valence-corrected chi connectivity index (χ1v) is 5.61. The zero-order valence-electron chi connectivity index (χ0n) is 9.81. The maximum Gasteiger partial charge on any atom is 0.321 e. The van der Waals surface area contributed by atoms with Gasteiger partial charge in [-0.3, -0.25) is 10.3 Å². The number of guanidine groups is 1. The first kappa shape index (κ1) is 11.4. The van der Waals surface area contributed by atoms with Gasteiger partial charge in [0, 0.05) is 20.1 Å². The van der Waals surface area contributed by atoms with Crippen molar-refractivity contribution in [3.05, 3.63) is 35.9 Å². The maximum atomic E-state index is 11.2. The van der Waals surface area contributed by atoms with Gasteiger partial charge >= 0.3 is 6.03 Å². The minimum absolute atomic E-state index is 0.233. The Kier molecular flexibility index (Phi) is 3.59. The van der Waals surface area contributed by atoms with Crippen molar-refractivity contribution in [2.24, 2.45) is 4.99 Å². The van der Waals surface area contributed by atoms with Crippen molar-refractivity contribution >= 4 is 12.0 Å². The van der Waals surface area contributed by atoms with Gasteiger partial charge in [-0.2, -0.15) is 0 Å². The van der Waals surface area contributed by atoms with Gasteiger partial charge in [-0.1, -0.05) is 30.3 Å². The lowest BCUT2D eigenvalue weighted by Gasteiger charge is -2.20. The lowest BCUT2D eigenvalue weighted by Crippen LogP contribution is -2.44. The first-order chi connectivity index (χ1) is 8.29. The molecule has 2 amide bonds. The van der Waals surface area contributed by atoms with Crippen molar-refractivity contribution in [3.8, 4) is 0 Å².